The number of nitrogens with zero attached hydrogens (tertiary/aromatic N) is 1. The van der Waals surface area contributed by atoms with E-state index in [0.29, 0.717) is 0 Å². The first-order valence-corrected chi connectivity index (χ1v) is 6.58. The fraction of sp³-hybridized carbons (Fsp3) is 0.545. The maximum atomic E-state index is 5.79. The minimum atomic E-state index is 0.802. The Balaban J connectivity index is 2.28. The lowest BCUT2D eigenvalue weighted by Gasteiger charge is -2.06. The van der Waals surface area contributed by atoms with Gasteiger partial charge in [-0.15, -0.1) is 0 Å². The van der Waals surface area contributed by atoms with E-state index in [9.17, 15) is 0 Å². The topological polar surface area (TPSA) is 50.9 Å². The molecule has 0 bridgehead atoms. The standard InChI is InChI=1S/C11H19N3S/c1-9-8-14-11(7-10(9)12)13-5-3-4-6-15-2/h7-8H,3-6H2,1-2H3,(H3,12,13,14). The molecule has 0 radical (unpaired) electrons. The molecule has 1 rings (SSSR count). The number of aromatic nitrogens is 1. The van der Waals surface area contributed by atoms with Gasteiger partial charge in [0.1, 0.15) is 5.82 Å². The Morgan fingerprint density at radius 3 is 2.93 bits per heavy atom. The SMILES string of the molecule is CSCCCCNc1cc(N)c(C)cn1. The van der Waals surface area contributed by atoms with Crippen molar-refractivity contribution in [3.05, 3.63) is 17.8 Å². The summed E-state index contributed by atoms with van der Waals surface area (Å²) in [7, 11) is 0. The quantitative estimate of drug-likeness (QED) is 0.730. The Bertz CT molecular complexity index is 302. The van der Waals surface area contributed by atoms with Crippen molar-refractivity contribution in [2.24, 2.45) is 0 Å². The molecule has 4 heteroatoms. The van der Waals surface area contributed by atoms with Crippen LogP contribution in [-0.2, 0) is 0 Å². The Kier molecular flexibility index (Phi) is 5.32. The van der Waals surface area contributed by atoms with Crippen molar-refractivity contribution >= 4 is 23.3 Å². The van der Waals surface area contributed by atoms with Gasteiger partial charge in [-0.25, -0.2) is 4.98 Å². The van der Waals surface area contributed by atoms with Crippen molar-refractivity contribution < 1.29 is 0 Å². The van der Waals surface area contributed by atoms with E-state index in [4.69, 9.17) is 5.73 Å². The predicted octanol–water partition coefficient (Wildman–Crippen LogP) is 2.53. The normalized spacial score (nSPS) is 10.3. The van der Waals surface area contributed by atoms with Crippen LogP contribution < -0.4 is 11.1 Å². The minimum Gasteiger partial charge on any atom is -0.398 e. The lowest BCUT2D eigenvalue weighted by Crippen LogP contribution is -2.04. The molecule has 84 valence electrons. The third kappa shape index (κ3) is 4.42. The molecular formula is C11H19N3S. The Morgan fingerprint density at radius 1 is 1.47 bits per heavy atom. The zero-order chi connectivity index (χ0) is 11.1. The van der Waals surface area contributed by atoms with Gasteiger partial charge >= 0.3 is 0 Å². The van der Waals surface area contributed by atoms with Gasteiger partial charge in [-0.3, -0.25) is 0 Å². The lowest BCUT2D eigenvalue weighted by molar-refractivity contribution is 0.840. The van der Waals surface area contributed by atoms with Crippen LogP contribution in [0.3, 0.4) is 0 Å². The second-order valence-corrected chi connectivity index (χ2v) is 4.54. The molecule has 15 heavy (non-hydrogen) atoms. The van der Waals surface area contributed by atoms with E-state index < -0.39 is 0 Å². The summed E-state index contributed by atoms with van der Waals surface area (Å²) in [5.41, 5.74) is 7.62. The number of thioether (sulfide) groups is 1. The molecule has 0 fully saturated rings. The van der Waals surface area contributed by atoms with Crippen molar-refractivity contribution in [1.82, 2.24) is 4.98 Å². The van der Waals surface area contributed by atoms with Crippen molar-refractivity contribution in [3.63, 3.8) is 0 Å². The van der Waals surface area contributed by atoms with Crippen LogP contribution in [0.5, 0.6) is 0 Å². The maximum Gasteiger partial charge on any atom is 0.127 e. The van der Waals surface area contributed by atoms with E-state index in [0.717, 1.165) is 23.6 Å². The third-order valence-corrected chi connectivity index (χ3v) is 2.92. The summed E-state index contributed by atoms with van der Waals surface area (Å²) >= 11 is 1.89. The van der Waals surface area contributed by atoms with Crippen LogP contribution in [0.15, 0.2) is 12.3 Å². The molecule has 1 aromatic rings. The first-order chi connectivity index (χ1) is 7.24. The smallest absolute Gasteiger partial charge is 0.127 e. The fourth-order valence-corrected chi connectivity index (χ4v) is 1.72. The van der Waals surface area contributed by atoms with Gasteiger partial charge in [-0.05, 0) is 37.3 Å². The fourth-order valence-electron chi connectivity index (χ4n) is 1.22. The predicted molar refractivity (Wildman–Crippen MR) is 69.5 cm³/mol. The molecule has 0 amide bonds. The maximum absolute atomic E-state index is 5.79. The Labute approximate surface area is 95.9 Å². The molecule has 3 nitrogen and oxygen atoms in total. The number of pyridine rings is 1. The highest BCUT2D eigenvalue weighted by Crippen LogP contribution is 2.13. The zero-order valence-electron chi connectivity index (χ0n) is 9.42. The van der Waals surface area contributed by atoms with E-state index in [2.05, 4.69) is 16.6 Å². The van der Waals surface area contributed by atoms with Gasteiger partial charge in [0, 0.05) is 24.5 Å². The molecule has 1 heterocycles. The van der Waals surface area contributed by atoms with E-state index in [1.54, 1.807) is 6.20 Å². The van der Waals surface area contributed by atoms with E-state index in [1.807, 2.05) is 24.8 Å². The van der Waals surface area contributed by atoms with Crippen LogP contribution in [0.25, 0.3) is 0 Å². The van der Waals surface area contributed by atoms with Gasteiger partial charge in [0.2, 0.25) is 0 Å². The Morgan fingerprint density at radius 2 is 2.27 bits per heavy atom. The zero-order valence-corrected chi connectivity index (χ0v) is 10.2. The van der Waals surface area contributed by atoms with Crippen LogP contribution in [0.2, 0.25) is 0 Å². The number of nitrogens with one attached hydrogen (secondary N) is 1. The minimum absolute atomic E-state index is 0.802. The first kappa shape index (κ1) is 12.2. The van der Waals surface area contributed by atoms with Crippen LogP contribution in [0, 0.1) is 6.92 Å². The molecule has 0 saturated heterocycles. The highest BCUT2D eigenvalue weighted by molar-refractivity contribution is 7.98. The Hall–Kier alpha value is -0.900. The number of hydrogen-bond acceptors (Lipinski definition) is 4. The summed E-state index contributed by atoms with van der Waals surface area (Å²) in [5.74, 6) is 2.10. The van der Waals surface area contributed by atoms with Crippen LogP contribution >= 0.6 is 11.8 Å². The van der Waals surface area contributed by atoms with E-state index in [1.165, 1.54) is 18.6 Å². The largest absolute Gasteiger partial charge is 0.398 e. The number of aryl methyl sites for hydroxylation is 1. The number of unbranched alkanes of at least 4 members (excludes halogenated alkanes) is 1. The molecule has 0 aliphatic heterocycles. The molecule has 0 saturated carbocycles. The summed E-state index contributed by atoms with van der Waals surface area (Å²) in [6.45, 7) is 2.93. The summed E-state index contributed by atoms with van der Waals surface area (Å²) < 4.78 is 0. The molecule has 0 aromatic carbocycles. The molecule has 0 unspecified atom stereocenters. The number of hydrogen-bond donors (Lipinski definition) is 2. The monoisotopic (exact) mass is 225 g/mol. The van der Waals surface area contributed by atoms with Crippen LogP contribution in [0.4, 0.5) is 11.5 Å². The highest BCUT2D eigenvalue weighted by Gasteiger charge is 1.97. The summed E-state index contributed by atoms with van der Waals surface area (Å²) in [6.07, 6.45) is 6.36. The van der Waals surface area contributed by atoms with Crippen molar-refractivity contribution in [1.29, 1.82) is 0 Å². The van der Waals surface area contributed by atoms with Crippen molar-refractivity contribution in [2.45, 2.75) is 19.8 Å². The molecular weight excluding hydrogens is 206 g/mol. The van der Waals surface area contributed by atoms with Gasteiger partial charge in [0.05, 0.1) is 0 Å². The van der Waals surface area contributed by atoms with Gasteiger partial charge in [-0.2, -0.15) is 11.8 Å². The second-order valence-electron chi connectivity index (χ2n) is 3.55. The van der Waals surface area contributed by atoms with Crippen molar-refractivity contribution in [3.8, 4) is 0 Å². The van der Waals surface area contributed by atoms with Crippen molar-refractivity contribution in [2.75, 3.05) is 29.6 Å². The van der Waals surface area contributed by atoms with Crippen LogP contribution in [-0.4, -0.2) is 23.5 Å². The van der Waals surface area contributed by atoms with Gasteiger partial charge in [0.25, 0.3) is 0 Å². The average Bonchev–Trinajstić information content (AvgIpc) is 2.23. The molecule has 0 aliphatic carbocycles. The van der Waals surface area contributed by atoms with Crippen LogP contribution in [0.1, 0.15) is 18.4 Å². The molecule has 1 aromatic heterocycles. The van der Waals surface area contributed by atoms with Gasteiger partial charge < -0.3 is 11.1 Å². The molecule has 0 aliphatic rings. The number of nitrogen functional groups attached to an aromatic ring is 1. The number of anilines is 2. The van der Waals surface area contributed by atoms with E-state index in [-0.39, 0.29) is 0 Å². The molecule has 0 spiro atoms. The molecule has 0 atom stereocenters. The average molecular weight is 225 g/mol. The van der Waals surface area contributed by atoms with Gasteiger partial charge in [0.15, 0.2) is 0 Å². The lowest BCUT2D eigenvalue weighted by atomic mass is 10.2. The summed E-state index contributed by atoms with van der Waals surface area (Å²) in [5, 5.41) is 3.27. The molecule has 3 N–H and O–H groups in total. The summed E-state index contributed by atoms with van der Waals surface area (Å²) in [6, 6.07) is 1.89. The third-order valence-electron chi connectivity index (χ3n) is 2.23. The number of nitrogens with two attached hydrogens (primary N) is 1. The summed E-state index contributed by atoms with van der Waals surface area (Å²) in [4.78, 5) is 4.26. The number of rotatable bonds is 6. The first-order valence-electron chi connectivity index (χ1n) is 5.19. The van der Waals surface area contributed by atoms with Gasteiger partial charge in [-0.1, -0.05) is 0 Å². The second kappa shape index (κ2) is 6.56. The van der Waals surface area contributed by atoms with E-state index >= 15 is 0 Å². The highest BCUT2D eigenvalue weighted by atomic mass is 32.2.